The van der Waals surface area contributed by atoms with Crippen molar-refractivity contribution < 1.29 is 14.6 Å². The summed E-state index contributed by atoms with van der Waals surface area (Å²) in [4.78, 5) is 11.0. The molecule has 1 aromatic carbocycles. The van der Waals surface area contributed by atoms with Gasteiger partial charge in [-0.3, -0.25) is 0 Å². The fraction of sp³-hybridized carbons (Fsp3) is 0.357. The number of alkyl carbamates (subject to hydrolysis) is 1. The molecule has 4 nitrogen and oxygen atoms in total. The van der Waals surface area contributed by atoms with Crippen LogP contribution < -0.4 is 5.32 Å². The van der Waals surface area contributed by atoms with Gasteiger partial charge in [0.05, 0.1) is 19.3 Å². The number of ether oxygens (including phenoxy) is 1. The number of aliphatic hydroxyl groups excluding tert-OH is 1. The topological polar surface area (TPSA) is 58.6 Å². The quantitative estimate of drug-likeness (QED) is 0.788. The first-order valence-electron chi connectivity index (χ1n) is 5.79. The summed E-state index contributed by atoms with van der Waals surface area (Å²) in [6, 6.07) is 9.12. The lowest BCUT2D eigenvalue weighted by atomic mass is 9.99. The number of hydrogen-bond donors (Lipinski definition) is 2. The Morgan fingerprint density at radius 2 is 2.06 bits per heavy atom. The van der Waals surface area contributed by atoms with Crippen LogP contribution in [0, 0.1) is 0 Å². The van der Waals surface area contributed by atoms with Gasteiger partial charge >= 0.3 is 6.09 Å². The average molecular weight is 249 g/mol. The number of carbonyl (C=O) groups is 1. The lowest BCUT2D eigenvalue weighted by Gasteiger charge is -2.19. The van der Waals surface area contributed by atoms with Crippen molar-refractivity contribution in [1.82, 2.24) is 5.32 Å². The van der Waals surface area contributed by atoms with Crippen molar-refractivity contribution in [2.24, 2.45) is 0 Å². The maximum Gasteiger partial charge on any atom is 0.407 e. The molecular formula is C14H19NO3. The first kappa shape index (κ1) is 14.3. The van der Waals surface area contributed by atoms with E-state index in [4.69, 9.17) is 0 Å². The molecule has 0 fully saturated rings. The number of amides is 1. The fourth-order valence-electron chi connectivity index (χ4n) is 1.56. The van der Waals surface area contributed by atoms with E-state index in [-0.39, 0.29) is 6.04 Å². The Hall–Kier alpha value is -1.81. The average Bonchev–Trinajstić information content (AvgIpc) is 2.39. The lowest BCUT2D eigenvalue weighted by molar-refractivity contribution is 0.163. The van der Waals surface area contributed by atoms with Gasteiger partial charge in [0.1, 0.15) is 0 Å². The van der Waals surface area contributed by atoms with E-state index in [1.54, 1.807) is 6.92 Å². The van der Waals surface area contributed by atoms with Crippen LogP contribution in [0.1, 0.15) is 25.0 Å². The summed E-state index contributed by atoms with van der Waals surface area (Å²) in [5, 5.41) is 12.6. The van der Waals surface area contributed by atoms with E-state index < -0.39 is 12.2 Å². The summed E-state index contributed by atoms with van der Waals surface area (Å²) in [7, 11) is 1.31. The van der Waals surface area contributed by atoms with Gasteiger partial charge in [-0.15, -0.1) is 0 Å². The summed E-state index contributed by atoms with van der Waals surface area (Å²) >= 11 is 0. The summed E-state index contributed by atoms with van der Waals surface area (Å²) < 4.78 is 4.51. The van der Waals surface area contributed by atoms with E-state index in [2.05, 4.69) is 16.6 Å². The maximum atomic E-state index is 11.0. The van der Waals surface area contributed by atoms with Crippen molar-refractivity contribution in [2.45, 2.75) is 25.5 Å². The molecule has 0 aliphatic heterocycles. The smallest absolute Gasteiger partial charge is 0.407 e. The van der Waals surface area contributed by atoms with Crippen LogP contribution in [0.25, 0.3) is 0 Å². The molecule has 1 amide bonds. The molecule has 0 spiro atoms. The van der Waals surface area contributed by atoms with E-state index in [9.17, 15) is 9.90 Å². The highest BCUT2D eigenvalue weighted by molar-refractivity contribution is 5.67. The summed E-state index contributed by atoms with van der Waals surface area (Å²) in [5.41, 5.74) is 1.58. The standard InChI is InChI=1S/C14H19NO3/c1-10(11(2)15-14(17)18-3)9-13(16)12-7-5-4-6-8-12/h4-8,11,13,16H,1,9H2,2-3H3,(H,15,17)/t11-,13+/m1/s1. The Morgan fingerprint density at radius 3 is 2.61 bits per heavy atom. The number of methoxy groups -OCH3 is 1. The van der Waals surface area contributed by atoms with E-state index in [1.807, 2.05) is 30.3 Å². The van der Waals surface area contributed by atoms with Crippen LogP contribution in [-0.2, 0) is 4.74 Å². The third kappa shape index (κ3) is 4.22. The molecule has 0 aliphatic rings. The third-order valence-electron chi connectivity index (χ3n) is 2.77. The zero-order chi connectivity index (χ0) is 13.5. The molecule has 0 radical (unpaired) electrons. The molecule has 0 unspecified atom stereocenters. The van der Waals surface area contributed by atoms with Crippen molar-refractivity contribution in [3.8, 4) is 0 Å². The first-order chi connectivity index (χ1) is 8.54. The maximum absolute atomic E-state index is 11.0. The van der Waals surface area contributed by atoms with Gasteiger partial charge in [-0.2, -0.15) is 0 Å². The van der Waals surface area contributed by atoms with Crippen LogP contribution in [0.2, 0.25) is 0 Å². The van der Waals surface area contributed by atoms with Crippen molar-refractivity contribution in [2.75, 3.05) is 7.11 Å². The molecule has 98 valence electrons. The van der Waals surface area contributed by atoms with Gasteiger partial charge in [0.25, 0.3) is 0 Å². The highest BCUT2D eigenvalue weighted by Crippen LogP contribution is 2.21. The Bertz CT molecular complexity index is 403. The second-order valence-electron chi connectivity index (χ2n) is 4.15. The Kier molecular flexibility index (Phi) is 5.39. The van der Waals surface area contributed by atoms with Crippen LogP contribution in [0.5, 0.6) is 0 Å². The van der Waals surface area contributed by atoms with Crippen LogP contribution in [0.15, 0.2) is 42.5 Å². The normalized spacial score (nSPS) is 13.5. The number of rotatable bonds is 5. The number of hydrogen-bond acceptors (Lipinski definition) is 3. The van der Waals surface area contributed by atoms with E-state index in [0.717, 1.165) is 11.1 Å². The lowest BCUT2D eigenvalue weighted by Crippen LogP contribution is -2.33. The van der Waals surface area contributed by atoms with Gasteiger partial charge in [-0.1, -0.05) is 42.5 Å². The zero-order valence-electron chi connectivity index (χ0n) is 10.7. The Morgan fingerprint density at radius 1 is 1.44 bits per heavy atom. The molecule has 1 rings (SSSR count). The van der Waals surface area contributed by atoms with Gasteiger partial charge in [0.2, 0.25) is 0 Å². The summed E-state index contributed by atoms with van der Waals surface area (Å²) in [6.45, 7) is 5.68. The van der Waals surface area contributed by atoms with Gasteiger partial charge in [-0.25, -0.2) is 4.79 Å². The van der Waals surface area contributed by atoms with Gasteiger partial charge < -0.3 is 15.2 Å². The molecule has 0 heterocycles. The molecule has 1 aromatic rings. The molecular weight excluding hydrogens is 230 g/mol. The molecule has 0 saturated carbocycles. The summed E-state index contributed by atoms with van der Waals surface area (Å²) in [6.07, 6.45) is -0.715. The number of nitrogens with one attached hydrogen (secondary N) is 1. The van der Waals surface area contributed by atoms with Crippen LogP contribution in [0.4, 0.5) is 4.79 Å². The fourth-order valence-corrected chi connectivity index (χ4v) is 1.56. The van der Waals surface area contributed by atoms with Crippen LogP contribution >= 0.6 is 0 Å². The van der Waals surface area contributed by atoms with Crippen LogP contribution in [0.3, 0.4) is 0 Å². The summed E-state index contributed by atoms with van der Waals surface area (Å²) in [5.74, 6) is 0. The van der Waals surface area contributed by atoms with Crippen molar-refractivity contribution in [3.63, 3.8) is 0 Å². The second kappa shape index (κ2) is 6.81. The molecule has 0 bridgehead atoms. The minimum Gasteiger partial charge on any atom is -0.453 e. The first-order valence-corrected chi connectivity index (χ1v) is 5.79. The van der Waals surface area contributed by atoms with Crippen LogP contribution in [-0.4, -0.2) is 24.4 Å². The van der Waals surface area contributed by atoms with E-state index >= 15 is 0 Å². The van der Waals surface area contributed by atoms with E-state index in [1.165, 1.54) is 7.11 Å². The molecule has 4 heteroatoms. The van der Waals surface area contributed by atoms with E-state index in [0.29, 0.717) is 6.42 Å². The van der Waals surface area contributed by atoms with Gasteiger partial charge in [-0.05, 0) is 12.5 Å². The van der Waals surface area contributed by atoms with Crippen molar-refractivity contribution in [1.29, 1.82) is 0 Å². The zero-order valence-corrected chi connectivity index (χ0v) is 10.7. The molecule has 2 atom stereocenters. The second-order valence-corrected chi connectivity index (χ2v) is 4.15. The van der Waals surface area contributed by atoms with Crippen molar-refractivity contribution >= 4 is 6.09 Å². The molecule has 2 N–H and O–H groups in total. The minimum atomic E-state index is -0.611. The predicted molar refractivity (Wildman–Crippen MR) is 70.2 cm³/mol. The molecule has 0 saturated heterocycles. The van der Waals surface area contributed by atoms with Gasteiger partial charge in [0.15, 0.2) is 0 Å². The highest BCUT2D eigenvalue weighted by Gasteiger charge is 2.15. The molecule has 0 aromatic heterocycles. The Balaban J connectivity index is 2.52. The predicted octanol–water partition coefficient (Wildman–Crippen LogP) is 2.41. The molecule has 18 heavy (non-hydrogen) atoms. The Labute approximate surface area is 107 Å². The van der Waals surface area contributed by atoms with Gasteiger partial charge in [0, 0.05) is 6.42 Å². The minimum absolute atomic E-state index is 0.240. The highest BCUT2D eigenvalue weighted by atomic mass is 16.5. The van der Waals surface area contributed by atoms with Crippen molar-refractivity contribution in [3.05, 3.63) is 48.0 Å². The third-order valence-corrected chi connectivity index (χ3v) is 2.77. The number of carbonyl (C=O) groups excluding carboxylic acids is 1. The largest absolute Gasteiger partial charge is 0.453 e. The monoisotopic (exact) mass is 249 g/mol. The SMILES string of the molecule is C=C(C[C@H](O)c1ccccc1)[C@@H](C)NC(=O)OC. The number of aliphatic hydroxyl groups is 1. The molecule has 0 aliphatic carbocycles. The number of benzene rings is 1.